The Morgan fingerprint density at radius 1 is 1.03 bits per heavy atom. The third-order valence-electron chi connectivity index (χ3n) is 7.34. The summed E-state index contributed by atoms with van der Waals surface area (Å²) in [6, 6.07) is 7.35. The molecule has 1 fully saturated rings. The van der Waals surface area contributed by atoms with Crippen molar-refractivity contribution in [2.45, 2.75) is 52.7 Å². The van der Waals surface area contributed by atoms with Gasteiger partial charge in [-0.05, 0) is 56.5 Å². The minimum atomic E-state index is -0.796. The molecule has 4 aromatic rings. The van der Waals surface area contributed by atoms with E-state index in [1.807, 2.05) is 6.92 Å². The first-order valence-electron chi connectivity index (χ1n) is 13.2. The van der Waals surface area contributed by atoms with E-state index >= 15 is 4.39 Å². The lowest BCUT2D eigenvalue weighted by atomic mass is 9.94. The first kappa shape index (κ1) is 27.1. The van der Waals surface area contributed by atoms with E-state index in [0.717, 1.165) is 25.5 Å². The van der Waals surface area contributed by atoms with Gasteiger partial charge in [-0.15, -0.1) is 0 Å². The Morgan fingerprint density at radius 2 is 1.77 bits per heavy atom. The fourth-order valence-electron chi connectivity index (χ4n) is 5.18. The molecule has 39 heavy (non-hydrogen) atoms. The minimum Gasteiger partial charge on any atom is -0.507 e. The van der Waals surface area contributed by atoms with Gasteiger partial charge in [-0.25, -0.2) is 28.7 Å². The van der Waals surface area contributed by atoms with Crippen LogP contribution in [0.25, 0.3) is 22.0 Å². The Kier molecular flexibility index (Phi) is 7.91. The van der Waals surface area contributed by atoms with Crippen LogP contribution in [0.1, 0.15) is 45.3 Å². The molecule has 0 unspecified atom stereocenters. The number of phenols is 1. The summed E-state index contributed by atoms with van der Waals surface area (Å²) in [6.45, 7) is 8.57. The lowest BCUT2D eigenvalue weighted by Crippen LogP contribution is -2.42. The smallest absolute Gasteiger partial charge is 0.159 e. The predicted molar refractivity (Wildman–Crippen MR) is 149 cm³/mol. The lowest BCUT2D eigenvalue weighted by Gasteiger charge is -2.38. The molecule has 0 radical (unpaired) electrons. The van der Waals surface area contributed by atoms with E-state index in [-0.39, 0.29) is 27.7 Å². The first-order chi connectivity index (χ1) is 18.8. The fourth-order valence-corrected chi connectivity index (χ4v) is 5.47. The van der Waals surface area contributed by atoms with E-state index in [4.69, 9.17) is 16.6 Å². The van der Waals surface area contributed by atoms with Crippen molar-refractivity contribution in [3.05, 3.63) is 71.0 Å². The van der Waals surface area contributed by atoms with Gasteiger partial charge in [0.05, 0.1) is 23.7 Å². The Balaban J connectivity index is 1.68. The molecule has 2 aromatic carbocycles. The van der Waals surface area contributed by atoms with Gasteiger partial charge in [-0.3, -0.25) is 4.90 Å². The van der Waals surface area contributed by atoms with Crippen LogP contribution in [0.2, 0.25) is 5.02 Å². The maximum absolute atomic E-state index is 16.3. The topological polar surface area (TPSA) is 78.3 Å². The van der Waals surface area contributed by atoms with Gasteiger partial charge in [0, 0.05) is 35.9 Å². The molecule has 1 N–H and O–H groups in total. The van der Waals surface area contributed by atoms with Crippen LogP contribution in [-0.2, 0) is 13.1 Å². The van der Waals surface area contributed by atoms with Gasteiger partial charge < -0.3 is 10.0 Å². The summed E-state index contributed by atoms with van der Waals surface area (Å²) in [5.41, 5.74) is -0.477. The number of aromatic nitrogens is 4. The molecule has 0 spiro atoms. The van der Waals surface area contributed by atoms with E-state index in [9.17, 15) is 9.50 Å². The first-order valence-corrected chi connectivity index (χ1v) is 13.6. The van der Waals surface area contributed by atoms with Gasteiger partial charge in [0.1, 0.15) is 34.6 Å². The number of piperidine rings is 1. The van der Waals surface area contributed by atoms with Crippen molar-refractivity contribution >= 4 is 28.3 Å². The number of benzene rings is 2. The molecular weight excluding hydrogens is 522 g/mol. The van der Waals surface area contributed by atoms with Crippen LogP contribution < -0.4 is 4.90 Å². The average Bonchev–Trinajstić information content (AvgIpc) is 2.92. The van der Waals surface area contributed by atoms with Crippen LogP contribution in [0, 0.1) is 17.6 Å². The minimum absolute atomic E-state index is 0.0212. The fraction of sp³-hybridized carbons (Fsp3) is 0.379. The monoisotopic (exact) mass is 552 g/mol. The molecule has 0 bridgehead atoms. The molecular formula is C29H31ClF2N6O. The molecule has 7 nitrogen and oxygen atoms in total. The van der Waals surface area contributed by atoms with E-state index in [0.29, 0.717) is 48.4 Å². The van der Waals surface area contributed by atoms with E-state index in [2.05, 4.69) is 38.6 Å². The van der Waals surface area contributed by atoms with Gasteiger partial charge in [0.15, 0.2) is 5.82 Å². The molecule has 2 aromatic heterocycles. The van der Waals surface area contributed by atoms with Crippen molar-refractivity contribution in [1.82, 2.24) is 24.8 Å². The third-order valence-corrected chi connectivity index (χ3v) is 7.64. The molecule has 0 amide bonds. The van der Waals surface area contributed by atoms with Gasteiger partial charge in [0.2, 0.25) is 0 Å². The standard InChI is InChI=1S/C29H31ClF2N6O/c1-4-37(15-23-33-11-6-12-34-23)16-24-35-28-19(29(36-24)38-14-17(2)9-10-18(38)3)13-20(30)25(27(28)32)26-21(31)7-5-8-22(26)39/h5-8,11-13,17-18,39H,4,9-10,14-16H2,1-3H3/t17-,18-/m0/s1. The number of rotatable bonds is 7. The zero-order valence-corrected chi connectivity index (χ0v) is 23.0. The lowest BCUT2D eigenvalue weighted by molar-refractivity contribution is 0.258. The summed E-state index contributed by atoms with van der Waals surface area (Å²) in [5, 5.41) is 10.8. The summed E-state index contributed by atoms with van der Waals surface area (Å²) in [5.74, 6) is 0.152. The van der Waals surface area contributed by atoms with Crippen LogP contribution >= 0.6 is 11.6 Å². The quantitative estimate of drug-likeness (QED) is 0.285. The second-order valence-corrected chi connectivity index (χ2v) is 10.6. The predicted octanol–water partition coefficient (Wildman–Crippen LogP) is 6.37. The maximum atomic E-state index is 16.3. The van der Waals surface area contributed by atoms with Crippen LogP contribution in [0.4, 0.5) is 14.6 Å². The van der Waals surface area contributed by atoms with Crippen molar-refractivity contribution in [2.75, 3.05) is 18.0 Å². The van der Waals surface area contributed by atoms with Gasteiger partial charge in [-0.1, -0.05) is 31.5 Å². The number of anilines is 1. The Bertz CT molecular complexity index is 1470. The molecule has 1 aliphatic rings. The van der Waals surface area contributed by atoms with Crippen molar-refractivity contribution in [2.24, 2.45) is 5.92 Å². The van der Waals surface area contributed by atoms with E-state index < -0.39 is 17.4 Å². The molecule has 5 rings (SSSR count). The summed E-state index contributed by atoms with van der Waals surface area (Å²) in [7, 11) is 0. The normalized spacial score (nSPS) is 17.8. The Labute approximate surface area is 231 Å². The van der Waals surface area contributed by atoms with Crippen LogP contribution in [0.15, 0.2) is 42.7 Å². The highest BCUT2D eigenvalue weighted by Gasteiger charge is 2.29. The molecule has 2 atom stereocenters. The second kappa shape index (κ2) is 11.4. The number of nitrogens with zero attached hydrogens (tertiary/aromatic N) is 6. The number of hydrogen-bond acceptors (Lipinski definition) is 7. The van der Waals surface area contributed by atoms with Gasteiger partial charge in [-0.2, -0.15) is 0 Å². The van der Waals surface area contributed by atoms with Crippen LogP contribution in [-0.4, -0.2) is 49.1 Å². The van der Waals surface area contributed by atoms with Gasteiger partial charge in [0.25, 0.3) is 0 Å². The largest absolute Gasteiger partial charge is 0.507 e. The summed E-state index contributed by atoms with van der Waals surface area (Å²) >= 11 is 6.59. The van der Waals surface area contributed by atoms with E-state index in [1.54, 1.807) is 24.5 Å². The molecule has 3 heterocycles. The maximum Gasteiger partial charge on any atom is 0.159 e. The van der Waals surface area contributed by atoms with Crippen molar-refractivity contribution in [1.29, 1.82) is 0 Å². The van der Waals surface area contributed by atoms with Crippen molar-refractivity contribution in [3.63, 3.8) is 0 Å². The highest BCUT2D eigenvalue weighted by Crippen LogP contribution is 2.43. The highest BCUT2D eigenvalue weighted by atomic mass is 35.5. The summed E-state index contributed by atoms with van der Waals surface area (Å²) in [4.78, 5) is 22.5. The SMILES string of the molecule is CCN(Cc1ncccn1)Cc1nc(N2C[C@@H](C)CC[C@@H]2C)c2cc(Cl)c(-c3c(O)cccc3F)c(F)c2n1. The number of halogens is 3. The molecule has 10 heteroatoms. The van der Waals surface area contributed by atoms with Crippen molar-refractivity contribution < 1.29 is 13.9 Å². The van der Waals surface area contributed by atoms with Crippen LogP contribution in [0.5, 0.6) is 5.75 Å². The Hall–Kier alpha value is -3.43. The summed E-state index contributed by atoms with van der Waals surface area (Å²) in [6.07, 6.45) is 5.46. The number of hydrogen-bond donors (Lipinski definition) is 1. The molecule has 1 saturated heterocycles. The number of aromatic hydroxyl groups is 1. The summed E-state index contributed by atoms with van der Waals surface area (Å²) < 4.78 is 31.2. The molecule has 204 valence electrons. The van der Waals surface area contributed by atoms with Crippen molar-refractivity contribution in [3.8, 4) is 16.9 Å². The molecule has 1 aliphatic heterocycles. The Morgan fingerprint density at radius 3 is 2.49 bits per heavy atom. The number of phenolic OH excluding ortho intramolecular Hbond substituents is 1. The van der Waals surface area contributed by atoms with Gasteiger partial charge >= 0.3 is 0 Å². The average molecular weight is 553 g/mol. The second-order valence-electron chi connectivity index (χ2n) is 10.2. The zero-order chi connectivity index (χ0) is 27.7. The van der Waals surface area contributed by atoms with Crippen LogP contribution in [0.3, 0.4) is 0 Å². The number of fused-ring (bicyclic) bond motifs is 1. The molecule has 0 saturated carbocycles. The van der Waals surface area contributed by atoms with E-state index in [1.165, 1.54) is 12.1 Å². The molecule has 0 aliphatic carbocycles. The third kappa shape index (κ3) is 5.51. The zero-order valence-electron chi connectivity index (χ0n) is 22.2. The highest BCUT2D eigenvalue weighted by molar-refractivity contribution is 6.34.